The minimum Gasteiger partial charge on any atom is -1.00 e. The van der Waals surface area contributed by atoms with E-state index in [1.165, 1.54) is 11.1 Å². The van der Waals surface area contributed by atoms with Gasteiger partial charge in [-0.05, 0) is 0 Å². The normalized spacial score (nSPS) is 7.57. The van der Waals surface area contributed by atoms with Gasteiger partial charge in [0.2, 0.25) is 0 Å². The first-order valence-electron chi connectivity index (χ1n) is 4.15. The second kappa shape index (κ2) is 9.43. The topological polar surface area (TPSA) is 0 Å². The van der Waals surface area contributed by atoms with Crippen molar-refractivity contribution < 1.29 is 38.6 Å². The Kier molecular flexibility index (Phi) is 11.0. The van der Waals surface area contributed by atoms with Crippen LogP contribution in [0.3, 0.4) is 0 Å². The summed E-state index contributed by atoms with van der Waals surface area (Å²) in [6.07, 6.45) is 0. The van der Waals surface area contributed by atoms with Crippen molar-refractivity contribution in [2.75, 3.05) is 0 Å². The van der Waals surface area contributed by atoms with E-state index in [0.717, 1.165) is 0 Å². The second-order valence-corrected chi connectivity index (χ2v) is 2.92. The van der Waals surface area contributed by atoms with Gasteiger partial charge in [-0.25, -0.2) is 24.3 Å². The molecule has 0 nitrogen and oxygen atoms in total. The van der Waals surface area contributed by atoms with E-state index < -0.39 is 0 Å². The maximum Gasteiger partial charge on any atom is 3.00 e. The van der Waals surface area contributed by atoms with Crippen molar-refractivity contribution in [3.63, 3.8) is 0 Å². The summed E-state index contributed by atoms with van der Waals surface area (Å²) in [5.74, 6) is 0. The smallest absolute Gasteiger partial charge is 1.00 e. The molecule has 0 saturated heterocycles. The molecular weight excluding hydrogens is 271 g/mol. The summed E-state index contributed by atoms with van der Waals surface area (Å²) >= 11 is 0. The predicted molar refractivity (Wildman–Crippen MR) is 53.5 cm³/mol. The molecule has 1 radical (unpaired) electrons. The van der Waals surface area contributed by atoms with Crippen molar-refractivity contribution in [2.24, 2.45) is 0 Å². The zero-order chi connectivity index (χ0) is 8.81. The van der Waals surface area contributed by atoms with Crippen molar-refractivity contribution in [3.8, 4) is 0 Å². The van der Waals surface area contributed by atoms with E-state index in [1.807, 2.05) is 24.3 Å². The molecule has 0 unspecified atom stereocenters. The molecule has 14 heavy (non-hydrogen) atoms. The molecule has 0 aliphatic rings. The second-order valence-electron chi connectivity index (χ2n) is 2.92. The van der Waals surface area contributed by atoms with Crippen LogP contribution < -0.4 is 12.4 Å². The summed E-state index contributed by atoms with van der Waals surface area (Å²) in [4.78, 5) is 0. The van der Waals surface area contributed by atoms with Crippen molar-refractivity contribution in [2.45, 2.75) is 13.8 Å². The van der Waals surface area contributed by atoms with E-state index >= 15 is 0 Å². The summed E-state index contributed by atoms with van der Waals surface area (Å²) in [6, 6.07) is 16.5. The number of rotatable bonds is 0. The standard InChI is InChI=1S/2C6H7.ClH.Zr/c2*1-6-4-2-3-5-6;;/h2*2-5H,1H3;1H;/q2*-1;;+3/p-1. The van der Waals surface area contributed by atoms with Crippen LogP contribution in [0.1, 0.15) is 11.1 Å². The molecule has 2 rings (SSSR count). The maximum absolute atomic E-state index is 2.08. The van der Waals surface area contributed by atoms with E-state index in [0.29, 0.717) is 0 Å². The summed E-state index contributed by atoms with van der Waals surface area (Å²) in [7, 11) is 0. The minimum atomic E-state index is 0. The van der Waals surface area contributed by atoms with Crippen molar-refractivity contribution in [1.82, 2.24) is 0 Å². The summed E-state index contributed by atoms with van der Waals surface area (Å²) in [6.45, 7) is 4.17. The third-order valence-electron chi connectivity index (χ3n) is 1.66. The van der Waals surface area contributed by atoms with Crippen LogP contribution in [-0.4, -0.2) is 0 Å². The maximum atomic E-state index is 2.08. The van der Waals surface area contributed by atoms with Crippen LogP contribution in [0, 0.1) is 13.8 Å². The molecule has 0 spiro atoms. The van der Waals surface area contributed by atoms with Crippen LogP contribution in [0.4, 0.5) is 0 Å². The Balaban J connectivity index is 0. The average Bonchev–Trinajstić information content (AvgIpc) is 2.63. The average molecular weight is 285 g/mol. The van der Waals surface area contributed by atoms with Gasteiger partial charge in [0, 0.05) is 0 Å². The van der Waals surface area contributed by atoms with Crippen LogP contribution in [0.5, 0.6) is 0 Å². The van der Waals surface area contributed by atoms with Crippen LogP contribution in [0.25, 0.3) is 0 Å². The minimum absolute atomic E-state index is 0. The number of hydrogen-bond donors (Lipinski definition) is 0. The number of halogens is 1. The van der Waals surface area contributed by atoms with Crippen molar-refractivity contribution >= 4 is 0 Å². The first-order valence-corrected chi connectivity index (χ1v) is 4.15. The summed E-state index contributed by atoms with van der Waals surface area (Å²) in [5.41, 5.74) is 2.69. The van der Waals surface area contributed by atoms with E-state index in [1.54, 1.807) is 0 Å². The molecule has 0 aromatic heterocycles. The molecule has 0 N–H and O–H groups in total. The van der Waals surface area contributed by atoms with Crippen LogP contribution in [0.15, 0.2) is 48.5 Å². The molecule has 0 aliphatic carbocycles. The molecule has 0 saturated carbocycles. The Bertz CT molecular complexity index is 250. The van der Waals surface area contributed by atoms with E-state index in [-0.39, 0.29) is 38.6 Å². The van der Waals surface area contributed by atoms with Gasteiger partial charge in [0.05, 0.1) is 0 Å². The first kappa shape index (κ1) is 16.3. The van der Waals surface area contributed by atoms with Crippen molar-refractivity contribution in [1.29, 1.82) is 0 Å². The Morgan fingerprint density at radius 3 is 0.929 bits per heavy atom. The van der Waals surface area contributed by atoms with Crippen LogP contribution in [0.2, 0.25) is 0 Å². The molecule has 0 heterocycles. The van der Waals surface area contributed by atoms with Gasteiger partial charge < -0.3 is 12.4 Å². The van der Waals surface area contributed by atoms with Crippen LogP contribution >= 0.6 is 0 Å². The fourth-order valence-electron chi connectivity index (χ4n) is 0.940. The SMILES string of the molecule is C[c-]1cccc1.C[c-]1cccc1.[Cl-].[Zr+3]. The van der Waals surface area contributed by atoms with E-state index in [2.05, 4.69) is 38.1 Å². The molecule has 0 aliphatic heterocycles. The van der Waals surface area contributed by atoms with E-state index in [9.17, 15) is 0 Å². The predicted octanol–water partition coefficient (Wildman–Crippen LogP) is 0.429. The van der Waals surface area contributed by atoms with Gasteiger partial charge in [0.15, 0.2) is 0 Å². The molecule has 73 valence electrons. The van der Waals surface area contributed by atoms with Crippen LogP contribution in [-0.2, 0) is 26.2 Å². The zero-order valence-corrected chi connectivity index (χ0v) is 11.7. The van der Waals surface area contributed by atoms with Gasteiger partial charge in [-0.2, -0.15) is 35.4 Å². The molecule has 2 heteroatoms. The van der Waals surface area contributed by atoms with Gasteiger partial charge in [-0.1, -0.05) is 13.8 Å². The molecule has 2 aromatic rings. The summed E-state index contributed by atoms with van der Waals surface area (Å²) < 4.78 is 0. The number of hydrogen-bond acceptors (Lipinski definition) is 0. The fraction of sp³-hybridized carbons (Fsp3) is 0.167. The van der Waals surface area contributed by atoms with Gasteiger partial charge >= 0.3 is 26.2 Å². The van der Waals surface area contributed by atoms with Gasteiger partial charge in [-0.15, -0.1) is 0 Å². The molecule has 0 bridgehead atoms. The van der Waals surface area contributed by atoms with Gasteiger partial charge in [-0.3, -0.25) is 0 Å². The monoisotopic (exact) mass is 283 g/mol. The third kappa shape index (κ3) is 7.29. The molecule has 0 fully saturated rings. The van der Waals surface area contributed by atoms with Gasteiger partial charge in [0.25, 0.3) is 0 Å². The Hall–Kier alpha value is -0.127. The quantitative estimate of drug-likeness (QED) is 0.616. The summed E-state index contributed by atoms with van der Waals surface area (Å²) in [5, 5.41) is 0. The van der Waals surface area contributed by atoms with Crippen molar-refractivity contribution in [3.05, 3.63) is 59.7 Å². The molecular formula is C12H14ClZr. The Morgan fingerprint density at radius 2 is 0.857 bits per heavy atom. The third-order valence-corrected chi connectivity index (χ3v) is 1.66. The molecule has 0 amide bonds. The zero-order valence-electron chi connectivity index (χ0n) is 8.50. The Morgan fingerprint density at radius 1 is 0.643 bits per heavy atom. The van der Waals surface area contributed by atoms with E-state index in [4.69, 9.17) is 0 Å². The van der Waals surface area contributed by atoms with Gasteiger partial charge in [0.1, 0.15) is 0 Å². The molecule has 0 atom stereocenters. The Labute approximate surface area is 112 Å². The fourth-order valence-corrected chi connectivity index (χ4v) is 0.940. The largest absolute Gasteiger partial charge is 3.00 e. The number of aryl methyl sites for hydroxylation is 2. The first-order chi connectivity index (χ1) is 5.79. The molecule has 2 aromatic carbocycles.